The molecule has 0 aliphatic heterocycles. The van der Waals surface area contributed by atoms with Crippen LogP contribution in [0.2, 0.25) is 5.02 Å². The number of amides is 1. The van der Waals surface area contributed by atoms with Gasteiger partial charge in [-0.25, -0.2) is 0 Å². The highest BCUT2D eigenvalue weighted by atomic mass is 35.5. The van der Waals surface area contributed by atoms with Gasteiger partial charge in [0.1, 0.15) is 0 Å². The van der Waals surface area contributed by atoms with Crippen molar-refractivity contribution in [3.05, 3.63) is 34.9 Å². The van der Waals surface area contributed by atoms with Gasteiger partial charge < -0.3 is 4.90 Å². The third-order valence-electron chi connectivity index (χ3n) is 2.68. The summed E-state index contributed by atoms with van der Waals surface area (Å²) in [6.45, 7) is 5.30. The fourth-order valence-corrected chi connectivity index (χ4v) is 2.09. The minimum absolute atomic E-state index is 0.0474. The smallest absolute Gasteiger partial charge is 0.227 e. The van der Waals surface area contributed by atoms with Crippen LogP contribution in [0, 0.1) is 17.2 Å². The van der Waals surface area contributed by atoms with Crippen molar-refractivity contribution in [2.24, 2.45) is 5.92 Å². The minimum atomic E-state index is 0.0474. The molecule has 1 amide bonds. The van der Waals surface area contributed by atoms with E-state index < -0.39 is 0 Å². The van der Waals surface area contributed by atoms with Crippen molar-refractivity contribution in [2.75, 3.05) is 13.1 Å². The van der Waals surface area contributed by atoms with E-state index in [1.165, 1.54) is 0 Å². The SMILES string of the molecule is CC(C)CN(CCC#N)C(=O)Cc1cccc(Cl)c1. The van der Waals surface area contributed by atoms with Gasteiger partial charge in [-0.1, -0.05) is 37.6 Å². The molecule has 0 bridgehead atoms. The normalized spacial score (nSPS) is 10.3. The summed E-state index contributed by atoms with van der Waals surface area (Å²) >= 11 is 5.91. The molecule has 4 heteroatoms. The van der Waals surface area contributed by atoms with Gasteiger partial charge in [0.2, 0.25) is 5.91 Å². The van der Waals surface area contributed by atoms with Crippen molar-refractivity contribution in [3.8, 4) is 6.07 Å². The van der Waals surface area contributed by atoms with E-state index in [2.05, 4.69) is 19.9 Å². The van der Waals surface area contributed by atoms with Gasteiger partial charge >= 0.3 is 0 Å². The van der Waals surface area contributed by atoms with Gasteiger partial charge in [-0.05, 0) is 23.6 Å². The van der Waals surface area contributed by atoms with E-state index >= 15 is 0 Å². The lowest BCUT2D eigenvalue weighted by Crippen LogP contribution is -2.36. The van der Waals surface area contributed by atoms with E-state index in [9.17, 15) is 4.79 Å². The second kappa shape index (κ2) is 7.81. The molecule has 19 heavy (non-hydrogen) atoms. The molecule has 0 aliphatic rings. The molecule has 0 heterocycles. The number of rotatable bonds is 6. The van der Waals surface area contributed by atoms with Crippen LogP contribution in [0.1, 0.15) is 25.8 Å². The van der Waals surface area contributed by atoms with Crippen LogP contribution >= 0.6 is 11.6 Å². The average molecular weight is 279 g/mol. The number of nitriles is 1. The Balaban J connectivity index is 2.68. The Morgan fingerprint density at radius 2 is 2.21 bits per heavy atom. The molecular weight excluding hydrogens is 260 g/mol. The van der Waals surface area contributed by atoms with Crippen LogP contribution in [-0.4, -0.2) is 23.9 Å². The van der Waals surface area contributed by atoms with Gasteiger partial charge in [0, 0.05) is 18.1 Å². The molecule has 0 radical (unpaired) electrons. The van der Waals surface area contributed by atoms with Crippen molar-refractivity contribution in [2.45, 2.75) is 26.7 Å². The first-order valence-corrected chi connectivity index (χ1v) is 6.80. The molecule has 3 nitrogen and oxygen atoms in total. The lowest BCUT2D eigenvalue weighted by atomic mass is 10.1. The Hall–Kier alpha value is -1.53. The zero-order valence-corrected chi connectivity index (χ0v) is 12.2. The summed E-state index contributed by atoms with van der Waals surface area (Å²) < 4.78 is 0. The standard InChI is InChI=1S/C15H19ClN2O/c1-12(2)11-18(8-4-7-17)15(19)10-13-5-3-6-14(16)9-13/h3,5-6,9,12H,4,8,10-11H2,1-2H3. The Labute approximate surface area is 119 Å². The number of hydrogen-bond acceptors (Lipinski definition) is 2. The highest BCUT2D eigenvalue weighted by Gasteiger charge is 2.15. The lowest BCUT2D eigenvalue weighted by Gasteiger charge is -2.23. The zero-order valence-electron chi connectivity index (χ0n) is 11.4. The molecule has 102 valence electrons. The van der Waals surface area contributed by atoms with Gasteiger partial charge in [0.15, 0.2) is 0 Å². The second-order valence-electron chi connectivity index (χ2n) is 4.95. The van der Waals surface area contributed by atoms with Crippen LogP contribution < -0.4 is 0 Å². The maximum Gasteiger partial charge on any atom is 0.227 e. The van der Waals surface area contributed by atoms with Crippen molar-refractivity contribution in [1.29, 1.82) is 5.26 Å². The highest BCUT2D eigenvalue weighted by Crippen LogP contribution is 2.12. The molecule has 0 saturated carbocycles. The molecule has 0 atom stereocenters. The van der Waals surface area contributed by atoms with Crippen LogP contribution in [0.4, 0.5) is 0 Å². The maximum atomic E-state index is 12.2. The fraction of sp³-hybridized carbons (Fsp3) is 0.467. The summed E-state index contributed by atoms with van der Waals surface area (Å²) in [6, 6.07) is 9.41. The molecule has 0 unspecified atom stereocenters. The van der Waals surface area contributed by atoms with E-state index in [1.54, 1.807) is 17.0 Å². The maximum absolute atomic E-state index is 12.2. The van der Waals surface area contributed by atoms with Crippen molar-refractivity contribution in [3.63, 3.8) is 0 Å². The summed E-state index contributed by atoms with van der Waals surface area (Å²) in [6.07, 6.45) is 0.701. The largest absolute Gasteiger partial charge is 0.341 e. The van der Waals surface area contributed by atoms with Crippen molar-refractivity contribution >= 4 is 17.5 Å². The van der Waals surface area contributed by atoms with Gasteiger partial charge in [0.25, 0.3) is 0 Å². The van der Waals surface area contributed by atoms with Gasteiger partial charge in [-0.2, -0.15) is 5.26 Å². The first kappa shape index (κ1) is 15.5. The topological polar surface area (TPSA) is 44.1 Å². The van der Waals surface area contributed by atoms with Crippen LogP contribution in [0.25, 0.3) is 0 Å². The minimum Gasteiger partial charge on any atom is -0.341 e. The molecule has 0 spiro atoms. The van der Waals surface area contributed by atoms with E-state index in [0.717, 1.165) is 5.56 Å². The predicted molar refractivity (Wildman–Crippen MR) is 76.8 cm³/mol. The Bertz CT molecular complexity index is 465. The summed E-state index contributed by atoms with van der Waals surface area (Å²) in [7, 11) is 0. The van der Waals surface area contributed by atoms with E-state index in [1.807, 2.05) is 12.1 Å². The average Bonchev–Trinajstić information content (AvgIpc) is 2.34. The van der Waals surface area contributed by atoms with Crippen LogP contribution in [-0.2, 0) is 11.2 Å². The Kier molecular flexibility index (Phi) is 6.38. The summed E-state index contributed by atoms with van der Waals surface area (Å²) in [5.74, 6) is 0.438. The summed E-state index contributed by atoms with van der Waals surface area (Å²) in [5, 5.41) is 9.29. The number of halogens is 1. The second-order valence-corrected chi connectivity index (χ2v) is 5.38. The van der Waals surface area contributed by atoms with Gasteiger partial charge in [-0.15, -0.1) is 0 Å². The first-order valence-electron chi connectivity index (χ1n) is 6.42. The number of carbonyl (C=O) groups excluding carboxylic acids is 1. The van der Waals surface area contributed by atoms with Crippen LogP contribution in [0.3, 0.4) is 0 Å². The van der Waals surface area contributed by atoms with Crippen LogP contribution in [0.15, 0.2) is 24.3 Å². The quantitative estimate of drug-likeness (QED) is 0.801. The number of carbonyl (C=O) groups is 1. The van der Waals surface area contributed by atoms with Crippen molar-refractivity contribution < 1.29 is 4.79 Å². The fourth-order valence-electron chi connectivity index (χ4n) is 1.88. The monoisotopic (exact) mass is 278 g/mol. The third kappa shape index (κ3) is 5.76. The van der Waals surface area contributed by atoms with Crippen LogP contribution in [0.5, 0.6) is 0 Å². The molecule has 0 fully saturated rings. The Morgan fingerprint density at radius 1 is 1.47 bits per heavy atom. The number of nitrogens with zero attached hydrogens (tertiary/aromatic N) is 2. The molecule has 0 N–H and O–H groups in total. The lowest BCUT2D eigenvalue weighted by molar-refractivity contribution is -0.130. The predicted octanol–water partition coefficient (Wildman–Crippen LogP) is 3.28. The van der Waals surface area contributed by atoms with Gasteiger partial charge in [0.05, 0.1) is 18.9 Å². The van der Waals surface area contributed by atoms with Crippen molar-refractivity contribution in [1.82, 2.24) is 4.90 Å². The van der Waals surface area contributed by atoms with E-state index in [-0.39, 0.29) is 5.91 Å². The molecule has 0 aliphatic carbocycles. The molecule has 0 saturated heterocycles. The molecule has 1 aromatic rings. The zero-order chi connectivity index (χ0) is 14.3. The summed E-state index contributed by atoms with van der Waals surface area (Å²) in [4.78, 5) is 14.0. The molecule has 1 rings (SSSR count). The van der Waals surface area contributed by atoms with Gasteiger partial charge in [-0.3, -0.25) is 4.79 Å². The molecular formula is C15H19ClN2O. The highest BCUT2D eigenvalue weighted by molar-refractivity contribution is 6.30. The number of hydrogen-bond donors (Lipinski definition) is 0. The summed E-state index contributed by atoms with van der Waals surface area (Å²) in [5.41, 5.74) is 0.906. The number of benzene rings is 1. The van der Waals surface area contributed by atoms with E-state index in [0.29, 0.717) is 36.9 Å². The first-order chi connectivity index (χ1) is 9.02. The molecule has 0 aromatic heterocycles. The third-order valence-corrected chi connectivity index (χ3v) is 2.91. The molecule has 1 aromatic carbocycles. The Morgan fingerprint density at radius 3 is 2.79 bits per heavy atom. The van der Waals surface area contributed by atoms with E-state index in [4.69, 9.17) is 16.9 Å².